The molecule has 9 N–H and O–H groups in total. The number of nitrogens with one attached hydrogen (secondary N) is 3. The predicted octanol–water partition coefficient (Wildman–Crippen LogP) is -1.02. The van der Waals surface area contributed by atoms with E-state index in [1.54, 1.807) is 0 Å². The topological polar surface area (TPSA) is 243 Å². The summed E-state index contributed by atoms with van der Waals surface area (Å²) in [5.74, 6) is -4.39. The third-order valence-corrected chi connectivity index (χ3v) is 3.93. The van der Waals surface area contributed by atoms with E-state index in [0.29, 0.717) is 0 Å². The van der Waals surface area contributed by atoms with Gasteiger partial charge in [-0.2, -0.15) is 4.98 Å². The van der Waals surface area contributed by atoms with E-state index in [9.17, 15) is 24.0 Å². The number of halogens is 1. The summed E-state index contributed by atoms with van der Waals surface area (Å²) < 4.78 is 0. The SMILES string of the molecule is Cl.Nc1nc(N)c(CC(=O)Nc2ccc(C(=O)N[C@@H](CCC(=O)O)C(=O)O)nc2)c(=O)[nH]1. The van der Waals surface area contributed by atoms with Crippen molar-refractivity contribution in [3.63, 3.8) is 0 Å². The fourth-order valence-corrected chi connectivity index (χ4v) is 2.43. The molecule has 0 saturated carbocycles. The molecule has 15 heteroatoms. The molecule has 0 spiro atoms. The molecule has 2 aromatic heterocycles. The number of hydrogen-bond donors (Lipinski definition) is 7. The standard InChI is InChI=1S/C17H19N7O7.ClH/c18-13-8(14(28)24-17(19)23-13)5-11(25)21-7-1-2-9(20-6-7)15(29)22-10(16(30)31)3-4-12(26)27;/h1-2,6,10H,3-5H2,(H,21,25)(H,22,29)(H,26,27)(H,30,31)(H5,18,19,23,24,28);1H/t10-;/m0./s1. The number of pyridine rings is 1. The number of hydrogen-bond acceptors (Lipinski definition) is 9. The van der Waals surface area contributed by atoms with E-state index in [2.05, 4.69) is 25.6 Å². The molecule has 0 radical (unpaired) electrons. The molecule has 0 saturated heterocycles. The quantitative estimate of drug-likeness (QED) is 0.234. The van der Waals surface area contributed by atoms with Gasteiger partial charge in [-0.25, -0.2) is 9.78 Å². The van der Waals surface area contributed by atoms with Gasteiger partial charge in [0.15, 0.2) is 0 Å². The van der Waals surface area contributed by atoms with Gasteiger partial charge in [-0.15, -0.1) is 12.4 Å². The van der Waals surface area contributed by atoms with Crippen LogP contribution in [0.3, 0.4) is 0 Å². The first kappa shape index (κ1) is 25.8. The maximum atomic E-state index is 12.1. The highest BCUT2D eigenvalue weighted by Crippen LogP contribution is 2.10. The van der Waals surface area contributed by atoms with E-state index in [4.69, 9.17) is 21.7 Å². The maximum absolute atomic E-state index is 12.1. The number of nitrogens with zero attached hydrogens (tertiary/aromatic N) is 2. The Morgan fingerprint density at radius 2 is 1.84 bits per heavy atom. The molecular weight excluding hydrogens is 450 g/mol. The lowest BCUT2D eigenvalue weighted by Crippen LogP contribution is -2.41. The Balaban J connectivity index is 0.00000512. The van der Waals surface area contributed by atoms with Gasteiger partial charge in [-0.05, 0) is 18.6 Å². The molecule has 0 aliphatic heterocycles. The van der Waals surface area contributed by atoms with Crippen LogP contribution in [0.2, 0.25) is 0 Å². The van der Waals surface area contributed by atoms with E-state index in [-0.39, 0.29) is 54.0 Å². The maximum Gasteiger partial charge on any atom is 0.326 e. The number of carboxylic acids is 2. The number of anilines is 3. The fraction of sp³-hybridized carbons (Fsp3) is 0.235. The number of amides is 2. The molecular formula is C17H20ClN7O7. The van der Waals surface area contributed by atoms with E-state index in [0.717, 1.165) is 6.20 Å². The van der Waals surface area contributed by atoms with E-state index in [1.165, 1.54) is 12.1 Å². The summed E-state index contributed by atoms with van der Waals surface area (Å²) in [6.07, 6.45) is 0.0224. The smallest absolute Gasteiger partial charge is 0.326 e. The van der Waals surface area contributed by atoms with Gasteiger partial charge in [0, 0.05) is 6.42 Å². The molecule has 2 amide bonds. The summed E-state index contributed by atoms with van der Waals surface area (Å²) in [6, 6.07) is 1.16. The Bertz CT molecular complexity index is 1070. The lowest BCUT2D eigenvalue weighted by atomic mass is 10.1. The van der Waals surface area contributed by atoms with Crippen LogP contribution in [0.4, 0.5) is 17.5 Å². The lowest BCUT2D eigenvalue weighted by molar-refractivity contribution is -0.140. The van der Waals surface area contributed by atoms with Gasteiger partial charge in [0.1, 0.15) is 17.6 Å². The number of carboxylic acid groups (broad SMARTS) is 2. The summed E-state index contributed by atoms with van der Waals surface area (Å²) in [6.45, 7) is 0. The van der Waals surface area contributed by atoms with Crippen LogP contribution in [0.15, 0.2) is 23.1 Å². The molecule has 0 unspecified atom stereocenters. The number of nitrogens with two attached hydrogens (primary N) is 2. The van der Waals surface area contributed by atoms with Crippen molar-refractivity contribution >= 4 is 53.6 Å². The molecule has 2 heterocycles. The summed E-state index contributed by atoms with van der Waals surface area (Å²) in [4.78, 5) is 67.6. The average Bonchev–Trinajstić information content (AvgIpc) is 2.68. The molecule has 2 aromatic rings. The number of aliphatic carboxylic acids is 2. The number of carbonyl (C=O) groups excluding carboxylic acids is 2. The minimum atomic E-state index is -1.40. The third kappa shape index (κ3) is 7.24. The second kappa shape index (κ2) is 11.3. The number of rotatable bonds is 9. The minimum absolute atomic E-state index is 0. The molecule has 0 aliphatic rings. The first-order valence-corrected chi connectivity index (χ1v) is 8.72. The van der Waals surface area contributed by atoms with Gasteiger partial charge in [-0.1, -0.05) is 0 Å². The second-order valence-electron chi connectivity index (χ2n) is 6.27. The Morgan fingerprint density at radius 1 is 1.16 bits per heavy atom. The Hall–Kier alpha value is -4.20. The third-order valence-electron chi connectivity index (χ3n) is 3.93. The molecule has 0 aromatic carbocycles. The summed E-state index contributed by atoms with van der Waals surface area (Å²) in [5, 5.41) is 22.4. The number of nitrogen functional groups attached to an aromatic ring is 2. The molecule has 2 rings (SSSR count). The first-order valence-electron chi connectivity index (χ1n) is 8.72. The van der Waals surface area contributed by atoms with Crippen LogP contribution < -0.4 is 27.7 Å². The number of H-pyrrole nitrogens is 1. The minimum Gasteiger partial charge on any atom is -0.481 e. The first-order chi connectivity index (χ1) is 14.6. The normalized spacial score (nSPS) is 11.0. The van der Waals surface area contributed by atoms with Crippen molar-refractivity contribution in [3.8, 4) is 0 Å². The molecule has 0 bridgehead atoms. The van der Waals surface area contributed by atoms with Crippen molar-refractivity contribution in [2.75, 3.05) is 16.8 Å². The van der Waals surface area contributed by atoms with Crippen molar-refractivity contribution in [1.29, 1.82) is 0 Å². The van der Waals surface area contributed by atoms with Gasteiger partial charge in [0.05, 0.1) is 23.9 Å². The average molecular weight is 470 g/mol. The summed E-state index contributed by atoms with van der Waals surface area (Å²) in [7, 11) is 0. The number of aromatic amines is 1. The van der Waals surface area contributed by atoms with Gasteiger partial charge in [0.2, 0.25) is 11.9 Å². The van der Waals surface area contributed by atoms with E-state index < -0.39 is 41.8 Å². The van der Waals surface area contributed by atoms with E-state index in [1.807, 2.05) is 0 Å². The van der Waals surface area contributed by atoms with Crippen LogP contribution in [0.1, 0.15) is 28.9 Å². The Kier molecular flexibility index (Phi) is 9.09. The monoisotopic (exact) mass is 469 g/mol. The zero-order valence-corrected chi connectivity index (χ0v) is 17.1. The number of aromatic nitrogens is 3. The zero-order valence-electron chi connectivity index (χ0n) is 16.3. The molecule has 172 valence electrons. The predicted molar refractivity (Wildman–Crippen MR) is 113 cm³/mol. The van der Waals surface area contributed by atoms with Gasteiger partial charge in [0.25, 0.3) is 11.5 Å². The van der Waals surface area contributed by atoms with Gasteiger partial charge in [-0.3, -0.25) is 24.2 Å². The fourth-order valence-electron chi connectivity index (χ4n) is 2.43. The van der Waals surface area contributed by atoms with Gasteiger partial charge < -0.3 is 32.3 Å². The lowest BCUT2D eigenvalue weighted by Gasteiger charge is -2.13. The molecule has 14 nitrogen and oxygen atoms in total. The molecule has 0 aliphatic carbocycles. The largest absolute Gasteiger partial charge is 0.481 e. The van der Waals surface area contributed by atoms with Gasteiger partial charge >= 0.3 is 11.9 Å². The van der Waals surface area contributed by atoms with Crippen LogP contribution in [0, 0.1) is 0 Å². The van der Waals surface area contributed by atoms with Crippen molar-refractivity contribution in [2.24, 2.45) is 0 Å². The molecule has 0 fully saturated rings. The highest BCUT2D eigenvalue weighted by atomic mass is 35.5. The Morgan fingerprint density at radius 3 is 2.38 bits per heavy atom. The zero-order chi connectivity index (χ0) is 23.1. The van der Waals surface area contributed by atoms with Crippen LogP contribution in [0.5, 0.6) is 0 Å². The Labute approximate surface area is 185 Å². The van der Waals surface area contributed by atoms with Crippen LogP contribution in [0.25, 0.3) is 0 Å². The van der Waals surface area contributed by atoms with Crippen molar-refractivity contribution < 1.29 is 29.4 Å². The molecule has 1 atom stereocenters. The van der Waals surface area contributed by atoms with Crippen molar-refractivity contribution in [3.05, 3.63) is 39.9 Å². The second-order valence-corrected chi connectivity index (χ2v) is 6.27. The number of carbonyl (C=O) groups is 4. The molecule has 32 heavy (non-hydrogen) atoms. The van der Waals surface area contributed by atoms with Crippen LogP contribution >= 0.6 is 12.4 Å². The van der Waals surface area contributed by atoms with Crippen molar-refractivity contribution in [2.45, 2.75) is 25.3 Å². The van der Waals surface area contributed by atoms with Crippen LogP contribution in [-0.2, 0) is 20.8 Å². The van der Waals surface area contributed by atoms with Crippen LogP contribution in [-0.4, -0.2) is 55.0 Å². The van der Waals surface area contributed by atoms with E-state index >= 15 is 0 Å². The van der Waals surface area contributed by atoms with Crippen molar-refractivity contribution in [1.82, 2.24) is 20.3 Å². The summed E-state index contributed by atoms with van der Waals surface area (Å²) in [5.41, 5.74) is 10.3. The summed E-state index contributed by atoms with van der Waals surface area (Å²) >= 11 is 0. The highest BCUT2D eigenvalue weighted by Gasteiger charge is 2.22. The highest BCUT2D eigenvalue weighted by molar-refractivity contribution is 5.96.